The van der Waals surface area contributed by atoms with Crippen LogP contribution in [0.5, 0.6) is 0 Å². The number of amides is 1. The first-order valence-electron chi connectivity index (χ1n) is 7.47. The fourth-order valence-corrected chi connectivity index (χ4v) is 3.29. The molecule has 1 N–H and O–H groups in total. The Morgan fingerprint density at radius 3 is 2.17 bits per heavy atom. The number of rotatable bonds is 9. The minimum Gasteiger partial charge on any atom is -0.334 e. The fraction of sp³-hybridized carbons (Fsp3) is 0.353. The molecule has 0 saturated heterocycles. The van der Waals surface area contributed by atoms with E-state index in [0.29, 0.717) is 13.1 Å². The molecule has 1 atom stereocenters. The number of aryl methyl sites for hydroxylation is 1. The predicted molar refractivity (Wildman–Crippen MR) is 92.6 cm³/mol. The van der Waals surface area contributed by atoms with Gasteiger partial charge >= 0.3 is 0 Å². The fourth-order valence-electron chi connectivity index (χ4n) is 2.10. The number of carbonyl (C=O) groups excluding carboxylic acids is 1. The second-order valence-corrected chi connectivity index (χ2v) is 6.88. The summed E-state index contributed by atoms with van der Waals surface area (Å²) in [5, 5.41) is 0. The Labute approximate surface area is 138 Å². The topological polar surface area (TPSA) is 66.5 Å². The average Bonchev–Trinajstić information content (AvgIpc) is 2.53. The molecule has 5 nitrogen and oxygen atoms in total. The highest BCUT2D eigenvalue weighted by molar-refractivity contribution is 7.89. The van der Waals surface area contributed by atoms with Crippen LogP contribution in [-0.4, -0.2) is 38.4 Å². The van der Waals surface area contributed by atoms with Gasteiger partial charge in [0.15, 0.2) is 0 Å². The summed E-state index contributed by atoms with van der Waals surface area (Å²) in [5.41, 5.74) is 1.05. The molecule has 0 aliphatic rings. The molecule has 0 fully saturated rings. The van der Waals surface area contributed by atoms with Gasteiger partial charge in [-0.1, -0.05) is 31.2 Å². The third-order valence-corrected chi connectivity index (χ3v) is 4.91. The summed E-state index contributed by atoms with van der Waals surface area (Å²) in [6.45, 7) is 11.4. The molecule has 0 saturated carbocycles. The molecule has 0 radical (unpaired) electrons. The summed E-state index contributed by atoms with van der Waals surface area (Å²) < 4.78 is 27.1. The zero-order valence-electron chi connectivity index (χ0n) is 13.7. The molecular formula is C17H24N2O3S. The van der Waals surface area contributed by atoms with Crippen molar-refractivity contribution >= 4 is 15.9 Å². The van der Waals surface area contributed by atoms with Gasteiger partial charge in [0.25, 0.3) is 0 Å². The number of nitrogens with zero attached hydrogens (tertiary/aromatic N) is 1. The number of hydrogen-bond acceptors (Lipinski definition) is 3. The Morgan fingerprint density at radius 2 is 1.74 bits per heavy atom. The van der Waals surface area contributed by atoms with E-state index >= 15 is 0 Å². The normalized spacial score (nSPS) is 12.4. The summed E-state index contributed by atoms with van der Waals surface area (Å²) in [5.74, 6) is -0.321. The van der Waals surface area contributed by atoms with Crippen LogP contribution in [0.1, 0.15) is 19.4 Å². The van der Waals surface area contributed by atoms with E-state index in [-0.39, 0.29) is 10.8 Å². The van der Waals surface area contributed by atoms with Crippen molar-refractivity contribution in [2.75, 3.05) is 13.1 Å². The lowest BCUT2D eigenvalue weighted by molar-refractivity contribution is -0.131. The first-order valence-corrected chi connectivity index (χ1v) is 8.95. The lowest BCUT2D eigenvalue weighted by Crippen LogP contribution is -2.47. The molecule has 1 unspecified atom stereocenters. The molecule has 0 aliphatic heterocycles. The molecule has 126 valence electrons. The highest BCUT2D eigenvalue weighted by Crippen LogP contribution is 2.12. The van der Waals surface area contributed by atoms with Crippen molar-refractivity contribution in [3.8, 4) is 0 Å². The predicted octanol–water partition coefficient (Wildman–Crippen LogP) is 2.12. The van der Waals surface area contributed by atoms with Gasteiger partial charge in [0, 0.05) is 13.1 Å². The van der Waals surface area contributed by atoms with E-state index in [1.165, 1.54) is 11.8 Å². The Balaban J connectivity index is 2.87. The van der Waals surface area contributed by atoms with Crippen molar-refractivity contribution in [1.29, 1.82) is 0 Å². The molecule has 0 bridgehead atoms. The SMILES string of the molecule is C=CCN(CC=C)C(=O)C(C)NS(=O)(=O)c1ccc(CC)cc1. The maximum Gasteiger partial charge on any atom is 0.241 e. The standard InChI is InChI=1S/C17H24N2O3S/c1-5-12-19(13-6-2)17(20)14(4)18-23(21,22)16-10-8-15(7-3)9-11-16/h5-6,8-11,14,18H,1-2,7,12-13H2,3-4H3. The summed E-state index contributed by atoms with van der Waals surface area (Å²) in [7, 11) is -3.74. The van der Waals surface area contributed by atoms with Crippen molar-refractivity contribution in [3.05, 3.63) is 55.1 Å². The smallest absolute Gasteiger partial charge is 0.241 e. The molecule has 1 rings (SSSR count). The van der Waals surface area contributed by atoms with Crippen LogP contribution in [0.15, 0.2) is 54.5 Å². The van der Waals surface area contributed by atoms with E-state index in [1.807, 2.05) is 6.92 Å². The van der Waals surface area contributed by atoms with E-state index in [4.69, 9.17) is 0 Å². The maximum absolute atomic E-state index is 12.4. The monoisotopic (exact) mass is 336 g/mol. The second kappa shape index (κ2) is 8.64. The van der Waals surface area contributed by atoms with Gasteiger partial charge in [-0.3, -0.25) is 4.79 Å². The van der Waals surface area contributed by atoms with Crippen LogP contribution < -0.4 is 4.72 Å². The quantitative estimate of drug-likeness (QED) is 0.703. The Hall–Kier alpha value is -1.92. The van der Waals surface area contributed by atoms with Crippen molar-refractivity contribution < 1.29 is 13.2 Å². The Kier molecular flexibility index (Phi) is 7.19. The molecule has 0 aromatic heterocycles. The van der Waals surface area contributed by atoms with Crippen molar-refractivity contribution in [1.82, 2.24) is 9.62 Å². The van der Waals surface area contributed by atoms with Gasteiger partial charge in [-0.2, -0.15) is 4.72 Å². The maximum atomic E-state index is 12.4. The number of sulfonamides is 1. The lowest BCUT2D eigenvalue weighted by Gasteiger charge is -2.23. The van der Waals surface area contributed by atoms with Crippen LogP contribution in [-0.2, 0) is 21.2 Å². The minimum atomic E-state index is -3.74. The van der Waals surface area contributed by atoms with Gasteiger partial charge in [0.05, 0.1) is 10.9 Å². The molecular weight excluding hydrogens is 312 g/mol. The van der Waals surface area contributed by atoms with E-state index in [9.17, 15) is 13.2 Å². The van der Waals surface area contributed by atoms with Gasteiger partial charge in [-0.15, -0.1) is 13.2 Å². The summed E-state index contributed by atoms with van der Waals surface area (Å²) in [6.07, 6.45) is 4.01. The van der Waals surface area contributed by atoms with E-state index in [2.05, 4.69) is 17.9 Å². The van der Waals surface area contributed by atoms with Gasteiger partial charge in [-0.25, -0.2) is 8.42 Å². The largest absolute Gasteiger partial charge is 0.334 e. The van der Waals surface area contributed by atoms with Crippen LogP contribution in [0.25, 0.3) is 0 Å². The Bertz CT molecular complexity index is 641. The summed E-state index contributed by atoms with van der Waals surface area (Å²) >= 11 is 0. The second-order valence-electron chi connectivity index (χ2n) is 5.16. The third kappa shape index (κ3) is 5.33. The van der Waals surface area contributed by atoms with Crippen LogP contribution in [0.2, 0.25) is 0 Å². The van der Waals surface area contributed by atoms with Gasteiger partial charge in [0.1, 0.15) is 0 Å². The van der Waals surface area contributed by atoms with Gasteiger partial charge in [-0.05, 0) is 31.0 Å². The zero-order valence-corrected chi connectivity index (χ0v) is 14.5. The average molecular weight is 336 g/mol. The molecule has 1 amide bonds. The molecule has 0 heterocycles. The molecule has 1 aromatic carbocycles. The van der Waals surface area contributed by atoms with Crippen molar-refractivity contribution in [3.63, 3.8) is 0 Å². The summed E-state index contributed by atoms with van der Waals surface area (Å²) in [6, 6.07) is 5.75. The molecule has 0 aliphatic carbocycles. The molecule has 23 heavy (non-hydrogen) atoms. The van der Waals surface area contributed by atoms with E-state index < -0.39 is 16.1 Å². The molecule has 0 spiro atoms. The third-order valence-electron chi connectivity index (χ3n) is 3.35. The van der Waals surface area contributed by atoms with Crippen LogP contribution in [0.4, 0.5) is 0 Å². The highest BCUT2D eigenvalue weighted by Gasteiger charge is 2.24. The number of carbonyl (C=O) groups is 1. The molecule has 1 aromatic rings. The summed E-state index contributed by atoms with van der Waals surface area (Å²) in [4.78, 5) is 14.0. The minimum absolute atomic E-state index is 0.147. The van der Waals surface area contributed by atoms with E-state index in [1.54, 1.807) is 36.4 Å². The number of hydrogen-bond donors (Lipinski definition) is 1. The van der Waals surface area contributed by atoms with Crippen LogP contribution >= 0.6 is 0 Å². The van der Waals surface area contributed by atoms with Crippen LogP contribution in [0, 0.1) is 0 Å². The number of nitrogens with one attached hydrogen (secondary N) is 1. The molecule has 6 heteroatoms. The van der Waals surface area contributed by atoms with Crippen LogP contribution in [0.3, 0.4) is 0 Å². The first-order chi connectivity index (χ1) is 10.9. The van der Waals surface area contributed by atoms with Crippen molar-refractivity contribution in [2.24, 2.45) is 0 Å². The zero-order chi connectivity index (χ0) is 17.5. The highest BCUT2D eigenvalue weighted by atomic mass is 32.2. The number of benzene rings is 1. The Morgan fingerprint density at radius 1 is 1.22 bits per heavy atom. The van der Waals surface area contributed by atoms with Gasteiger partial charge < -0.3 is 4.90 Å². The van der Waals surface area contributed by atoms with Gasteiger partial charge in [0.2, 0.25) is 15.9 Å². The van der Waals surface area contributed by atoms with E-state index in [0.717, 1.165) is 12.0 Å². The first kappa shape index (κ1) is 19.1. The van der Waals surface area contributed by atoms with Crippen molar-refractivity contribution in [2.45, 2.75) is 31.2 Å². The lowest BCUT2D eigenvalue weighted by atomic mass is 10.2.